The molecule has 0 fully saturated rings. The van der Waals surface area contributed by atoms with Gasteiger partial charge >= 0.3 is 0 Å². The Hall–Kier alpha value is -1.09. The Balaban J connectivity index is 0. The molecule has 10 heavy (non-hydrogen) atoms. The van der Waals surface area contributed by atoms with E-state index in [0.29, 0.717) is 13.1 Å². The van der Waals surface area contributed by atoms with Gasteiger partial charge in [-0.15, -0.1) is 6.58 Å². The van der Waals surface area contributed by atoms with Crippen molar-refractivity contribution in [3.8, 4) is 0 Å². The van der Waals surface area contributed by atoms with E-state index in [9.17, 15) is 4.79 Å². The van der Waals surface area contributed by atoms with Crippen molar-refractivity contribution in [2.24, 2.45) is 0 Å². The van der Waals surface area contributed by atoms with Gasteiger partial charge in [0.05, 0.1) is 6.61 Å². The van der Waals surface area contributed by atoms with Crippen molar-refractivity contribution >= 4 is 6.47 Å². The Morgan fingerprint density at radius 3 is 2.00 bits per heavy atom. The Kier molecular flexibility index (Phi) is 18.3. The van der Waals surface area contributed by atoms with Crippen LogP contribution < -0.4 is 0 Å². The minimum Gasteiger partial charge on any atom is -0.464 e. The highest BCUT2D eigenvalue weighted by atomic mass is 16.5. The number of aliphatic hydroxyl groups is 1. The molecule has 3 nitrogen and oxygen atoms in total. The molecular formula is C7H12O3. The minimum absolute atomic E-state index is 0.0833. The van der Waals surface area contributed by atoms with Gasteiger partial charge < -0.3 is 9.84 Å². The van der Waals surface area contributed by atoms with Gasteiger partial charge in [0.1, 0.15) is 6.61 Å². The van der Waals surface area contributed by atoms with Gasteiger partial charge in [-0.05, 0) is 0 Å². The van der Waals surface area contributed by atoms with Crippen LogP contribution in [0, 0.1) is 0 Å². The highest BCUT2D eigenvalue weighted by Crippen LogP contribution is 1.62. The minimum atomic E-state index is 0.0833. The maximum Gasteiger partial charge on any atom is 0.293 e. The van der Waals surface area contributed by atoms with E-state index in [-0.39, 0.29) is 6.61 Å². The third kappa shape index (κ3) is 28.5. The molecule has 0 saturated carbocycles. The van der Waals surface area contributed by atoms with Gasteiger partial charge in [-0.1, -0.05) is 18.7 Å². The van der Waals surface area contributed by atoms with Crippen LogP contribution in [0.3, 0.4) is 0 Å². The molecule has 0 aliphatic carbocycles. The van der Waals surface area contributed by atoms with Gasteiger partial charge in [-0.3, -0.25) is 4.79 Å². The molecule has 0 heterocycles. The highest BCUT2D eigenvalue weighted by molar-refractivity contribution is 5.37. The lowest BCUT2D eigenvalue weighted by atomic mass is 10.7. The van der Waals surface area contributed by atoms with E-state index in [1.165, 1.54) is 12.2 Å². The molecule has 0 aromatic rings. The molecule has 0 radical (unpaired) electrons. The zero-order valence-corrected chi connectivity index (χ0v) is 5.82. The quantitative estimate of drug-likeness (QED) is 0.355. The van der Waals surface area contributed by atoms with Crippen molar-refractivity contribution in [3.63, 3.8) is 0 Å². The third-order valence-corrected chi connectivity index (χ3v) is 0.411. The van der Waals surface area contributed by atoms with E-state index in [0.717, 1.165) is 0 Å². The number of carbonyl (C=O) groups is 1. The van der Waals surface area contributed by atoms with Crippen molar-refractivity contribution in [1.29, 1.82) is 0 Å². The van der Waals surface area contributed by atoms with Crippen LogP contribution in [0.4, 0.5) is 0 Å². The van der Waals surface area contributed by atoms with E-state index in [1.807, 2.05) is 0 Å². The lowest BCUT2D eigenvalue weighted by Gasteiger charge is -1.82. The zero-order valence-electron chi connectivity index (χ0n) is 5.82. The van der Waals surface area contributed by atoms with Crippen LogP contribution in [-0.2, 0) is 9.53 Å². The second-order valence-electron chi connectivity index (χ2n) is 1.19. The molecule has 0 aliphatic heterocycles. The summed E-state index contributed by atoms with van der Waals surface area (Å²) in [5.74, 6) is 0. The SMILES string of the molecule is C=CCO.C=CCOC=O. The second kappa shape index (κ2) is 15.7. The molecule has 3 heteroatoms. The average molecular weight is 144 g/mol. The molecular weight excluding hydrogens is 132 g/mol. The summed E-state index contributed by atoms with van der Waals surface area (Å²) < 4.78 is 4.18. The smallest absolute Gasteiger partial charge is 0.293 e. The summed E-state index contributed by atoms with van der Waals surface area (Å²) in [5.41, 5.74) is 0. The summed E-state index contributed by atoms with van der Waals surface area (Å²) in [5, 5.41) is 7.76. The third-order valence-electron chi connectivity index (χ3n) is 0.411. The summed E-state index contributed by atoms with van der Waals surface area (Å²) in [4.78, 5) is 9.29. The predicted molar refractivity (Wildman–Crippen MR) is 39.5 cm³/mol. The fraction of sp³-hybridized carbons (Fsp3) is 0.286. The van der Waals surface area contributed by atoms with Crippen LogP contribution in [0.5, 0.6) is 0 Å². The van der Waals surface area contributed by atoms with Crippen LogP contribution in [-0.4, -0.2) is 24.8 Å². The van der Waals surface area contributed by atoms with Crippen molar-refractivity contribution in [1.82, 2.24) is 0 Å². The Labute approximate surface area is 60.6 Å². The van der Waals surface area contributed by atoms with Gasteiger partial charge in [0, 0.05) is 0 Å². The Morgan fingerprint density at radius 2 is 1.90 bits per heavy atom. The van der Waals surface area contributed by atoms with E-state index >= 15 is 0 Å². The number of rotatable bonds is 4. The molecule has 0 bridgehead atoms. The first-order valence-electron chi connectivity index (χ1n) is 2.71. The molecule has 0 aromatic carbocycles. The Bertz CT molecular complexity index is 80.9. The van der Waals surface area contributed by atoms with Gasteiger partial charge in [-0.2, -0.15) is 0 Å². The maximum absolute atomic E-state index is 9.29. The fourth-order valence-corrected chi connectivity index (χ4v) is 0.107. The van der Waals surface area contributed by atoms with Crippen LogP contribution in [0.15, 0.2) is 25.3 Å². The molecule has 0 spiro atoms. The predicted octanol–water partition coefficient (Wildman–Crippen LogP) is 0.510. The molecule has 0 amide bonds. The number of hydrogen-bond donors (Lipinski definition) is 1. The van der Waals surface area contributed by atoms with Crippen molar-refractivity contribution < 1.29 is 14.6 Å². The summed E-state index contributed by atoms with van der Waals surface area (Å²) in [6.45, 7) is 7.33. The largest absolute Gasteiger partial charge is 0.464 e. The van der Waals surface area contributed by atoms with E-state index in [4.69, 9.17) is 5.11 Å². The number of carbonyl (C=O) groups excluding carboxylic acids is 1. The first-order valence-corrected chi connectivity index (χ1v) is 2.71. The standard InChI is InChI=1S/C4H6O2.C3H6O/c1-2-3-6-4-5;1-2-3-4/h2,4H,1,3H2;2,4H,1,3H2. The summed E-state index contributed by atoms with van der Waals surface area (Å²) in [6, 6.07) is 0. The summed E-state index contributed by atoms with van der Waals surface area (Å²) >= 11 is 0. The number of hydrogen-bond acceptors (Lipinski definition) is 3. The normalized spacial score (nSPS) is 6.50. The van der Waals surface area contributed by atoms with Gasteiger partial charge in [-0.25, -0.2) is 0 Å². The second-order valence-corrected chi connectivity index (χ2v) is 1.19. The average Bonchev–Trinajstić information content (AvgIpc) is 2.01. The Morgan fingerprint density at radius 1 is 1.40 bits per heavy atom. The van der Waals surface area contributed by atoms with Crippen molar-refractivity contribution in [3.05, 3.63) is 25.3 Å². The van der Waals surface area contributed by atoms with Gasteiger partial charge in [0.15, 0.2) is 0 Å². The molecule has 0 unspecified atom stereocenters. The van der Waals surface area contributed by atoms with Crippen molar-refractivity contribution in [2.45, 2.75) is 0 Å². The van der Waals surface area contributed by atoms with Crippen LogP contribution in [0.2, 0.25) is 0 Å². The molecule has 0 rings (SSSR count). The molecule has 0 saturated heterocycles. The fourth-order valence-electron chi connectivity index (χ4n) is 0.107. The first kappa shape index (κ1) is 11.7. The number of aliphatic hydroxyl groups excluding tert-OH is 1. The molecule has 58 valence electrons. The molecule has 0 aliphatic rings. The number of ether oxygens (including phenoxy) is 1. The summed E-state index contributed by atoms with van der Waals surface area (Å²) in [7, 11) is 0. The van der Waals surface area contributed by atoms with Crippen LogP contribution in [0.25, 0.3) is 0 Å². The van der Waals surface area contributed by atoms with E-state index < -0.39 is 0 Å². The van der Waals surface area contributed by atoms with E-state index in [2.05, 4.69) is 17.9 Å². The van der Waals surface area contributed by atoms with Crippen LogP contribution >= 0.6 is 0 Å². The molecule has 0 atom stereocenters. The summed E-state index contributed by atoms with van der Waals surface area (Å²) in [6.07, 6.45) is 2.94. The highest BCUT2D eigenvalue weighted by Gasteiger charge is 1.65. The first-order chi connectivity index (χ1) is 4.83. The van der Waals surface area contributed by atoms with E-state index in [1.54, 1.807) is 0 Å². The lowest BCUT2D eigenvalue weighted by Crippen LogP contribution is -1.83. The molecule has 0 aromatic heterocycles. The van der Waals surface area contributed by atoms with Crippen molar-refractivity contribution in [2.75, 3.05) is 13.2 Å². The monoisotopic (exact) mass is 144 g/mol. The van der Waals surface area contributed by atoms with Gasteiger partial charge in [0.25, 0.3) is 6.47 Å². The van der Waals surface area contributed by atoms with Crippen LogP contribution in [0.1, 0.15) is 0 Å². The zero-order chi connectivity index (χ0) is 8.24. The maximum atomic E-state index is 9.29. The van der Waals surface area contributed by atoms with Gasteiger partial charge in [0.2, 0.25) is 0 Å². The topological polar surface area (TPSA) is 46.5 Å². The molecule has 1 N–H and O–H groups in total. The lowest BCUT2D eigenvalue weighted by molar-refractivity contribution is -0.127.